The fourth-order valence-corrected chi connectivity index (χ4v) is 1.82. The minimum Gasteiger partial charge on any atom is -0.369 e. The van der Waals surface area contributed by atoms with E-state index in [0.717, 1.165) is 5.56 Å². The number of hydrogen-bond acceptors (Lipinski definition) is 3. The largest absolute Gasteiger partial charge is 0.369 e. The van der Waals surface area contributed by atoms with E-state index in [9.17, 15) is 9.59 Å². The van der Waals surface area contributed by atoms with Crippen molar-refractivity contribution in [3.05, 3.63) is 35.9 Å². The molecule has 1 aliphatic heterocycles. The zero-order chi connectivity index (χ0) is 12.3. The Morgan fingerprint density at radius 3 is 2.76 bits per heavy atom. The smallest absolute Gasteiger partial charge is 0.249 e. The van der Waals surface area contributed by atoms with Crippen LogP contribution in [0, 0.1) is 0 Å². The quantitative estimate of drug-likeness (QED) is 0.793. The van der Waals surface area contributed by atoms with Crippen LogP contribution in [0.2, 0.25) is 0 Å². The average molecular weight is 234 g/mol. The van der Waals surface area contributed by atoms with Crippen LogP contribution in [0.1, 0.15) is 5.56 Å². The van der Waals surface area contributed by atoms with Gasteiger partial charge in [0, 0.05) is 6.54 Å². The first kappa shape index (κ1) is 11.6. The number of nitrogens with zero attached hydrogens (tertiary/aromatic N) is 1. The number of hydrogen-bond donors (Lipinski definition) is 1. The summed E-state index contributed by atoms with van der Waals surface area (Å²) in [6.07, 6.45) is 0. The van der Waals surface area contributed by atoms with Gasteiger partial charge in [-0.05, 0) is 5.56 Å². The molecule has 1 heterocycles. The molecule has 5 nitrogen and oxygen atoms in total. The molecule has 2 N–H and O–H groups in total. The van der Waals surface area contributed by atoms with E-state index in [4.69, 9.17) is 10.5 Å². The molecule has 0 spiro atoms. The van der Waals surface area contributed by atoms with Crippen molar-refractivity contribution in [2.75, 3.05) is 13.2 Å². The molecular formula is C12H14N2O3. The van der Waals surface area contributed by atoms with E-state index in [1.54, 1.807) is 0 Å². The number of primary amides is 1. The number of nitrogens with two attached hydrogens (primary N) is 1. The number of amides is 2. The molecule has 5 heteroatoms. The zero-order valence-electron chi connectivity index (χ0n) is 9.33. The van der Waals surface area contributed by atoms with Crippen LogP contribution in [0.5, 0.6) is 0 Å². The Labute approximate surface area is 99.2 Å². The Morgan fingerprint density at radius 2 is 2.12 bits per heavy atom. The minimum atomic E-state index is -0.670. The summed E-state index contributed by atoms with van der Waals surface area (Å²) < 4.78 is 5.03. The van der Waals surface area contributed by atoms with Gasteiger partial charge in [0.1, 0.15) is 12.6 Å². The maximum Gasteiger partial charge on any atom is 0.249 e. The normalized spacial score (nSPS) is 20.4. The lowest BCUT2D eigenvalue weighted by Crippen LogP contribution is -2.54. The van der Waals surface area contributed by atoms with Crippen LogP contribution in [0.25, 0.3) is 0 Å². The Morgan fingerprint density at radius 1 is 1.41 bits per heavy atom. The average Bonchev–Trinajstić information content (AvgIpc) is 2.33. The van der Waals surface area contributed by atoms with Gasteiger partial charge in [0.05, 0.1) is 6.61 Å². The molecule has 1 atom stereocenters. The second-order valence-corrected chi connectivity index (χ2v) is 3.94. The summed E-state index contributed by atoms with van der Waals surface area (Å²) in [7, 11) is 0. The van der Waals surface area contributed by atoms with Gasteiger partial charge >= 0.3 is 0 Å². The number of benzene rings is 1. The Balaban J connectivity index is 2.15. The van der Waals surface area contributed by atoms with Crippen LogP contribution >= 0.6 is 0 Å². The van der Waals surface area contributed by atoms with Crippen LogP contribution < -0.4 is 5.73 Å². The second-order valence-electron chi connectivity index (χ2n) is 3.94. The molecule has 1 fully saturated rings. The number of carbonyl (C=O) groups is 2. The lowest BCUT2D eigenvalue weighted by atomic mass is 10.1. The first-order valence-electron chi connectivity index (χ1n) is 5.39. The lowest BCUT2D eigenvalue weighted by Gasteiger charge is -2.33. The first-order chi connectivity index (χ1) is 8.18. The summed E-state index contributed by atoms with van der Waals surface area (Å²) in [6.45, 7) is 0.571. The van der Waals surface area contributed by atoms with Crippen molar-refractivity contribution >= 4 is 11.8 Å². The maximum atomic E-state index is 11.7. The topological polar surface area (TPSA) is 72.6 Å². The van der Waals surface area contributed by atoms with Crippen molar-refractivity contribution in [2.24, 2.45) is 5.73 Å². The molecule has 90 valence electrons. The van der Waals surface area contributed by atoms with Crippen molar-refractivity contribution in [3.8, 4) is 0 Å². The van der Waals surface area contributed by atoms with Gasteiger partial charge in [-0.15, -0.1) is 0 Å². The molecular weight excluding hydrogens is 220 g/mol. The van der Waals surface area contributed by atoms with Gasteiger partial charge < -0.3 is 15.4 Å². The summed E-state index contributed by atoms with van der Waals surface area (Å²) in [6, 6.07) is 8.81. The van der Waals surface area contributed by atoms with E-state index < -0.39 is 11.9 Å². The van der Waals surface area contributed by atoms with Crippen molar-refractivity contribution in [1.29, 1.82) is 0 Å². The Bertz CT molecular complexity index is 419. The van der Waals surface area contributed by atoms with Crippen LogP contribution in [-0.2, 0) is 20.9 Å². The number of morpholine rings is 1. The molecule has 0 saturated carbocycles. The SMILES string of the molecule is NC(=O)[C@@H]1COCC(=O)N1Cc1ccccc1. The van der Waals surface area contributed by atoms with Crippen LogP contribution in [0.15, 0.2) is 30.3 Å². The molecule has 17 heavy (non-hydrogen) atoms. The Hall–Kier alpha value is -1.88. The number of rotatable bonds is 3. The maximum absolute atomic E-state index is 11.7. The second kappa shape index (κ2) is 4.97. The molecule has 0 radical (unpaired) electrons. The van der Waals surface area contributed by atoms with E-state index in [1.807, 2.05) is 30.3 Å². The predicted molar refractivity (Wildman–Crippen MR) is 60.8 cm³/mol. The third kappa shape index (κ3) is 2.62. The van der Waals surface area contributed by atoms with Crippen LogP contribution in [-0.4, -0.2) is 36.0 Å². The molecule has 0 aliphatic carbocycles. The highest BCUT2D eigenvalue weighted by molar-refractivity contribution is 5.88. The molecule has 1 aromatic carbocycles. The Kier molecular flexibility index (Phi) is 3.39. The van der Waals surface area contributed by atoms with Gasteiger partial charge in [-0.3, -0.25) is 9.59 Å². The van der Waals surface area contributed by atoms with Gasteiger partial charge in [0.2, 0.25) is 11.8 Å². The van der Waals surface area contributed by atoms with Gasteiger partial charge in [-0.1, -0.05) is 30.3 Å². The summed E-state index contributed by atoms with van der Waals surface area (Å²) in [5.74, 6) is -0.738. The summed E-state index contributed by atoms with van der Waals surface area (Å²) in [5.41, 5.74) is 6.23. The van der Waals surface area contributed by atoms with Crippen molar-refractivity contribution < 1.29 is 14.3 Å². The van der Waals surface area contributed by atoms with Gasteiger partial charge in [0.25, 0.3) is 0 Å². The molecule has 2 rings (SSSR count). The third-order valence-electron chi connectivity index (χ3n) is 2.72. The monoisotopic (exact) mass is 234 g/mol. The molecule has 0 aromatic heterocycles. The molecule has 1 saturated heterocycles. The number of carbonyl (C=O) groups excluding carboxylic acids is 2. The van der Waals surface area contributed by atoms with E-state index in [0.29, 0.717) is 6.54 Å². The summed E-state index contributed by atoms with van der Waals surface area (Å²) in [4.78, 5) is 24.4. The molecule has 0 bridgehead atoms. The predicted octanol–water partition coefficient (Wildman–Crippen LogP) is -0.101. The fourth-order valence-electron chi connectivity index (χ4n) is 1.82. The highest BCUT2D eigenvalue weighted by Crippen LogP contribution is 2.13. The van der Waals surface area contributed by atoms with E-state index in [-0.39, 0.29) is 19.1 Å². The summed E-state index contributed by atoms with van der Waals surface area (Å²) >= 11 is 0. The van der Waals surface area contributed by atoms with Gasteiger partial charge in [-0.2, -0.15) is 0 Å². The summed E-state index contributed by atoms with van der Waals surface area (Å²) in [5, 5.41) is 0. The van der Waals surface area contributed by atoms with E-state index >= 15 is 0 Å². The van der Waals surface area contributed by atoms with Crippen LogP contribution in [0.4, 0.5) is 0 Å². The molecule has 1 aliphatic rings. The first-order valence-corrected chi connectivity index (χ1v) is 5.39. The molecule has 1 aromatic rings. The van der Waals surface area contributed by atoms with Gasteiger partial charge in [-0.25, -0.2) is 0 Å². The van der Waals surface area contributed by atoms with Crippen LogP contribution in [0.3, 0.4) is 0 Å². The standard InChI is InChI=1S/C12H14N2O3/c13-12(16)10-7-17-8-11(15)14(10)6-9-4-2-1-3-5-9/h1-5,10H,6-8H2,(H2,13,16)/t10-/m0/s1. The van der Waals surface area contributed by atoms with Gasteiger partial charge in [0.15, 0.2) is 0 Å². The van der Waals surface area contributed by atoms with E-state index in [1.165, 1.54) is 4.90 Å². The fraction of sp³-hybridized carbons (Fsp3) is 0.333. The van der Waals surface area contributed by atoms with Crippen molar-refractivity contribution in [2.45, 2.75) is 12.6 Å². The molecule has 0 unspecified atom stereocenters. The van der Waals surface area contributed by atoms with Crippen molar-refractivity contribution in [1.82, 2.24) is 4.90 Å². The van der Waals surface area contributed by atoms with E-state index in [2.05, 4.69) is 0 Å². The highest BCUT2D eigenvalue weighted by atomic mass is 16.5. The highest BCUT2D eigenvalue weighted by Gasteiger charge is 2.32. The lowest BCUT2D eigenvalue weighted by molar-refractivity contribution is -0.154. The molecule has 2 amide bonds. The minimum absolute atomic E-state index is 0.0105. The van der Waals surface area contributed by atoms with Crippen molar-refractivity contribution in [3.63, 3.8) is 0 Å². The third-order valence-corrected chi connectivity index (χ3v) is 2.72. The number of ether oxygens (including phenoxy) is 1. The zero-order valence-corrected chi connectivity index (χ0v) is 9.33.